The highest BCUT2D eigenvalue weighted by Crippen LogP contribution is 2.40. The molecule has 8 nitrogen and oxygen atoms in total. The molecule has 2 N–H and O–H groups in total. The van der Waals surface area contributed by atoms with Crippen molar-refractivity contribution in [3.8, 4) is 0 Å². The largest absolute Gasteiger partial charge is 0.355 e. The van der Waals surface area contributed by atoms with E-state index in [0.717, 1.165) is 78.9 Å². The lowest BCUT2D eigenvalue weighted by Crippen LogP contribution is -2.55. The van der Waals surface area contributed by atoms with Crippen molar-refractivity contribution in [2.75, 3.05) is 13.6 Å². The van der Waals surface area contributed by atoms with Crippen LogP contribution in [0.4, 0.5) is 0 Å². The molecule has 2 aliphatic carbocycles. The number of carbonyl (C=O) groups is 3. The van der Waals surface area contributed by atoms with Crippen LogP contribution in [0.1, 0.15) is 105 Å². The average molecular weight is 604 g/mol. The molecule has 3 unspecified atom stereocenters. The molecule has 3 amide bonds. The summed E-state index contributed by atoms with van der Waals surface area (Å²) < 4.78 is 0. The van der Waals surface area contributed by atoms with Gasteiger partial charge >= 0.3 is 0 Å². The Morgan fingerprint density at radius 2 is 1.84 bits per heavy atom. The van der Waals surface area contributed by atoms with Crippen molar-refractivity contribution >= 4 is 23.4 Å². The van der Waals surface area contributed by atoms with Gasteiger partial charge in [0.15, 0.2) is 0 Å². The van der Waals surface area contributed by atoms with Gasteiger partial charge in [-0.25, -0.2) is 4.99 Å². The fourth-order valence-corrected chi connectivity index (χ4v) is 6.96. The van der Waals surface area contributed by atoms with E-state index < -0.39 is 12.0 Å². The normalized spacial score (nSPS) is 24.7. The van der Waals surface area contributed by atoms with E-state index in [1.165, 1.54) is 18.4 Å². The Balaban J connectivity index is 1.71. The minimum absolute atomic E-state index is 0.106. The van der Waals surface area contributed by atoms with Gasteiger partial charge in [-0.05, 0) is 87.5 Å². The summed E-state index contributed by atoms with van der Waals surface area (Å²) in [6.07, 6.45) is 16.5. The van der Waals surface area contributed by atoms with Crippen molar-refractivity contribution in [3.63, 3.8) is 0 Å². The highest BCUT2D eigenvalue weighted by atomic mass is 16.2. The SMILES string of the molecule is C=C(CC)C(=NC1=C(CC)CC=C2C(=C1)N(C1CCCC1)C(CC)C(=O)N2C)C(C)=CC(C)C(=O)NC1CCCCNC1=O. The van der Waals surface area contributed by atoms with Gasteiger partial charge in [0.05, 0.1) is 28.7 Å². The van der Waals surface area contributed by atoms with E-state index in [1.807, 2.05) is 31.9 Å². The van der Waals surface area contributed by atoms with Gasteiger partial charge in [0.1, 0.15) is 12.1 Å². The molecule has 3 fully saturated rings. The van der Waals surface area contributed by atoms with E-state index in [9.17, 15) is 14.4 Å². The smallest absolute Gasteiger partial charge is 0.249 e. The maximum absolute atomic E-state index is 13.5. The minimum atomic E-state index is -0.494. The fraction of sp³-hybridized carbons (Fsp3) is 0.611. The molecule has 2 heterocycles. The third-order valence-corrected chi connectivity index (χ3v) is 9.70. The Labute approximate surface area is 264 Å². The molecule has 0 bridgehead atoms. The maximum atomic E-state index is 13.5. The van der Waals surface area contributed by atoms with E-state index in [2.05, 4.69) is 55.0 Å². The molecular weight excluding hydrogens is 550 g/mol. The van der Waals surface area contributed by atoms with Crippen LogP contribution in [0.15, 0.2) is 63.6 Å². The van der Waals surface area contributed by atoms with Gasteiger partial charge in [0.25, 0.3) is 0 Å². The van der Waals surface area contributed by atoms with Gasteiger partial charge in [-0.3, -0.25) is 14.4 Å². The minimum Gasteiger partial charge on any atom is -0.355 e. The first-order valence-corrected chi connectivity index (χ1v) is 16.8. The van der Waals surface area contributed by atoms with Gasteiger partial charge in [-0.2, -0.15) is 0 Å². The molecule has 0 aromatic heterocycles. The van der Waals surface area contributed by atoms with Crippen LogP contribution < -0.4 is 10.6 Å². The number of likely N-dealkylation sites (N-methyl/N-ethyl adjacent to an activating group) is 1. The monoisotopic (exact) mass is 603 g/mol. The van der Waals surface area contributed by atoms with Gasteiger partial charge in [-0.1, -0.05) is 59.3 Å². The van der Waals surface area contributed by atoms with Crippen LogP contribution in [-0.2, 0) is 14.4 Å². The van der Waals surface area contributed by atoms with Crippen molar-refractivity contribution in [1.29, 1.82) is 0 Å². The quantitative estimate of drug-likeness (QED) is 0.296. The lowest BCUT2D eigenvalue weighted by Gasteiger charge is -2.46. The Bertz CT molecular complexity index is 1300. The molecule has 0 aromatic rings. The second kappa shape index (κ2) is 15.0. The van der Waals surface area contributed by atoms with Crippen LogP contribution in [-0.4, -0.2) is 65.0 Å². The molecule has 44 heavy (non-hydrogen) atoms. The predicted octanol–water partition coefficient (Wildman–Crippen LogP) is 6.09. The molecule has 8 heteroatoms. The number of allylic oxidation sites excluding steroid dienone is 5. The zero-order chi connectivity index (χ0) is 32.0. The lowest BCUT2D eigenvalue weighted by molar-refractivity contribution is -0.136. The highest BCUT2D eigenvalue weighted by Gasteiger charge is 2.42. The third kappa shape index (κ3) is 7.27. The Hall–Kier alpha value is -3.42. The number of aliphatic imine (C=N–C) groups is 1. The molecule has 0 radical (unpaired) electrons. The lowest BCUT2D eigenvalue weighted by atomic mass is 9.97. The molecule has 2 saturated heterocycles. The van der Waals surface area contributed by atoms with E-state index in [1.54, 1.807) is 0 Å². The molecule has 240 valence electrons. The first kappa shape index (κ1) is 33.5. The molecule has 3 atom stereocenters. The summed E-state index contributed by atoms with van der Waals surface area (Å²) >= 11 is 0. The maximum Gasteiger partial charge on any atom is 0.249 e. The summed E-state index contributed by atoms with van der Waals surface area (Å²) in [5.74, 6) is -0.548. The number of hydrogen-bond acceptors (Lipinski definition) is 5. The van der Waals surface area contributed by atoms with Gasteiger partial charge < -0.3 is 20.4 Å². The topological polar surface area (TPSA) is 94.1 Å². The number of fused-ring (bicyclic) bond motifs is 1. The van der Waals surface area contributed by atoms with Crippen LogP contribution in [0.3, 0.4) is 0 Å². The number of piperazine rings is 1. The molecule has 2 aliphatic heterocycles. The van der Waals surface area contributed by atoms with E-state index in [0.29, 0.717) is 25.4 Å². The third-order valence-electron chi connectivity index (χ3n) is 9.70. The van der Waals surface area contributed by atoms with Crippen LogP contribution in [0, 0.1) is 5.92 Å². The standard InChI is InChI=1S/C36H53N5O3/c1-8-23(4)33(24(5)21-25(6)34(42)39-28-17-13-14-20-37-35(28)43)38-29-22-32-31(19-18-26(29)9-2)40(7)36(44)30(10-3)41(32)27-15-11-12-16-27/h19,21-22,25,27-28,30H,4,8-18,20H2,1-3,5-7H3,(H,37,43)(H,39,42). The Morgan fingerprint density at radius 1 is 1.14 bits per heavy atom. The van der Waals surface area contributed by atoms with Gasteiger partial charge in [0, 0.05) is 19.6 Å². The second-order valence-corrected chi connectivity index (χ2v) is 12.7. The number of nitrogens with zero attached hydrogens (tertiary/aromatic N) is 3. The average Bonchev–Trinajstić information content (AvgIpc) is 3.39. The summed E-state index contributed by atoms with van der Waals surface area (Å²) in [6.45, 7) is 15.2. The summed E-state index contributed by atoms with van der Waals surface area (Å²) in [7, 11) is 1.90. The van der Waals surface area contributed by atoms with E-state index in [4.69, 9.17) is 4.99 Å². The zero-order valence-electron chi connectivity index (χ0n) is 27.8. The summed E-state index contributed by atoms with van der Waals surface area (Å²) in [4.78, 5) is 48.7. The van der Waals surface area contributed by atoms with E-state index >= 15 is 0 Å². The van der Waals surface area contributed by atoms with Crippen molar-refractivity contribution in [2.24, 2.45) is 10.9 Å². The summed E-state index contributed by atoms with van der Waals surface area (Å²) in [5, 5.41) is 5.85. The first-order chi connectivity index (χ1) is 21.1. The number of nitrogens with one attached hydrogen (secondary N) is 2. The van der Waals surface area contributed by atoms with Crippen LogP contribution in [0.5, 0.6) is 0 Å². The van der Waals surface area contributed by atoms with Crippen LogP contribution >= 0.6 is 0 Å². The first-order valence-electron chi connectivity index (χ1n) is 16.8. The van der Waals surface area contributed by atoms with Gasteiger partial charge in [-0.15, -0.1) is 0 Å². The fourth-order valence-electron chi connectivity index (χ4n) is 6.96. The second-order valence-electron chi connectivity index (χ2n) is 12.7. The van der Waals surface area contributed by atoms with Crippen molar-refractivity contribution in [2.45, 2.75) is 123 Å². The van der Waals surface area contributed by atoms with Crippen molar-refractivity contribution in [1.82, 2.24) is 20.4 Å². The number of hydrogen-bond donors (Lipinski definition) is 2. The van der Waals surface area contributed by atoms with Crippen LogP contribution in [0.2, 0.25) is 0 Å². The van der Waals surface area contributed by atoms with Crippen LogP contribution in [0.25, 0.3) is 0 Å². The summed E-state index contributed by atoms with van der Waals surface area (Å²) in [5.41, 5.74) is 6.77. The number of carbonyl (C=O) groups excluding carboxylic acids is 3. The summed E-state index contributed by atoms with van der Waals surface area (Å²) in [6, 6.07) is -0.324. The molecule has 1 saturated carbocycles. The molecule has 0 aromatic carbocycles. The van der Waals surface area contributed by atoms with E-state index in [-0.39, 0.29) is 23.8 Å². The molecule has 0 spiro atoms. The number of amides is 3. The molecule has 4 aliphatic rings. The Morgan fingerprint density at radius 3 is 2.50 bits per heavy atom. The molecule has 4 rings (SSSR count). The van der Waals surface area contributed by atoms with Gasteiger partial charge in [0.2, 0.25) is 17.7 Å². The van der Waals surface area contributed by atoms with Crippen molar-refractivity contribution in [3.05, 3.63) is 58.6 Å². The van der Waals surface area contributed by atoms with Crippen molar-refractivity contribution < 1.29 is 14.4 Å². The Kier molecular flexibility index (Phi) is 11.4. The zero-order valence-corrected chi connectivity index (χ0v) is 27.8. The molecular formula is C36H53N5O3. The predicted molar refractivity (Wildman–Crippen MR) is 178 cm³/mol. The number of rotatable bonds is 10. The highest BCUT2D eigenvalue weighted by molar-refractivity contribution is 6.12.